The lowest BCUT2D eigenvalue weighted by atomic mass is 9.79. The number of fused-ring (bicyclic) bond motifs is 2. The van der Waals surface area contributed by atoms with Crippen LogP contribution in [0.4, 0.5) is 0 Å². The summed E-state index contributed by atoms with van der Waals surface area (Å²) in [6, 6.07) is 8.71. The molecule has 1 aromatic rings. The van der Waals surface area contributed by atoms with Crippen molar-refractivity contribution < 1.29 is 5.11 Å². The van der Waals surface area contributed by atoms with Gasteiger partial charge in [-0.05, 0) is 55.1 Å². The van der Waals surface area contributed by atoms with E-state index >= 15 is 0 Å². The molecule has 3 atom stereocenters. The molecule has 0 aliphatic heterocycles. The first kappa shape index (κ1) is 11.3. The fourth-order valence-corrected chi connectivity index (χ4v) is 3.90. The van der Waals surface area contributed by atoms with E-state index < -0.39 is 5.60 Å². The maximum atomic E-state index is 10.9. The fraction of sp³-hybridized carbons (Fsp3) is 0.625. The zero-order valence-corrected chi connectivity index (χ0v) is 10.7. The van der Waals surface area contributed by atoms with Crippen LogP contribution in [-0.2, 0) is 12.0 Å². The lowest BCUT2D eigenvalue weighted by molar-refractivity contribution is -0.0182. The normalized spacial score (nSPS) is 35.4. The molecule has 1 heteroatoms. The fourth-order valence-electron chi connectivity index (χ4n) is 3.90. The zero-order valence-electron chi connectivity index (χ0n) is 10.7. The van der Waals surface area contributed by atoms with Crippen molar-refractivity contribution in [3.8, 4) is 0 Å². The maximum absolute atomic E-state index is 10.9. The highest BCUT2D eigenvalue weighted by atomic mass is 16.3. The van der Waals surface area contributed by atoms with Crippen LogP contribution in [0.1, 0.15) is 50.2 Å². The van der Waals surface area contributed by atoms with Crippen LogP contribution in [0.2, 0.25) is 0 Å². The van der Waals surface area contributed by atoms with Gasteiger partial charge in [-0.1, -0.05) is 37.6 Å². The van der Waals surface area contributed by atoms with E-state index in [9.17, 15) is 5.11 Å². The summed E-state index contributed by atoms with van der Waals surface area (Å²) in [6.45, 7) is 2.21. The summed E-state index contributed by atoms with van der Waals surface area (Å²) in [5.41, 5.74) is 2.04. The molecule has 0 amide bonds. The minimum Gasteiger partial charge on any atom is -0.385 e. The van der Waals surface area contributed by atoms with Gasteiger partial charge in [-0.3, -0.25) is 0 Å². The van der Waals surface area contributed by atoms with E-state index in [0.717, 1.165) is 24.3 Å². The summed E-state index contributed by atoms with van der Waals surface area (Å²) < 4.78 is 0. The second-order valence-corrected chi connectivity index (χ2v) is 5.95. The van der Waals surface area contributed by atoms with Crippen molar-refractivity contribution in [2.24, 2.45) is 11.8 Å². The molecule has 0 heterocycles. The van der Waals surface area contributed by atoms with Gasteiger partial charge in [-0.15, -0.1) is 0 Å². The Labute approximate surface area is 104 Å². The third-order valence-electron chi connectivity index (χ3n) is 4.81. The standard InChI is InChI=1S/C16H22O/c1-2-3-12-4-7-14(8-5-12)16(17)11-13-6-9-15(16)10-13/h4-5,7-8,13,15,17H,2-3,6,9-11H2,1H3. The van der Waals surface area contributed by atoms with Gasteiger partial charge in [-0.25, -0.2) is 0 Å². The molecular weight excluding hydrogens is 208 g/mol. The van der Waals surface area contributed by atoms with Crippen molar-refractivity contribution in [1.29, 1.82) is 0 Å². The smallest absolute Gasteiger partial charge is 0.0927 e. The summed E-state index contributed by atoms with van der Waals surface area (Å²) in [6.07, 6.45) is 7.12. The first-order valence-corrected chi connectivity index (χ1v) is 7.04. The number of benzene rings is 1. The molecule has 1 aromatic carbocycles. The van der Waals surface area contributed by atoms with E-state index in [1.165, 1.54) is 31.2 Å². The molecule has 2 bridgehead atoms. The molecule has 3 unspecified atom stereocenters. The van der Waals surface area contributed by atoms with Crippen LogP contribution in [0, 0.1) is 11.8 Å². The van der Waals surface area contributed by atoms with E-state index in [0.29, 0.717) is 5.92 Å². The lowest BCUT2D eigenvalue weighted by Crippen LogP contribution is -2.32. The van der Waals surface area contributed by atoms with Gasteiger partial charge in [0.25, 0.3) is 0 Å². The Balaban J connectivity index is 1.84. The number of aliphatic hydroxyl groups is 1. The summed E-state index contributed by atoms with van der Waals surface area (Å²) in [5, 5.41) is 10.9. The van der Waals surface area contributed by atoms with E-state index in [1.54, 1.807) is 0 Å². The topological polar surface area (TPSA) is 20.2 Å². The molecule has 0 aromatic heterocycles. The molecule has 2 saturated carbocycles. The van der Waals surface area contributed by atoms with Crippen LogP contribution in [0.3, 0.4) is 0 Å². The van der Waals surface area contributed by atoms with Gasteiger partial charge in [0.2, 0.25) is 0 Å². The Kier molecular flexibility index (Phi) is 2.74. The number of aryl methyl sites for hydroxylation is 1. The number of rotatable bonds is 3. The average Bonchev–Trinajstić information content (AvgIpc) is 2.90. The summed E-state index contributed by atoms with van der Waals surface area (Å²) in [5.74, 6) is 1.30. The van der Waals surface area contributed by atoms with Gasteiger partial charge in [0, 0.05) is 0 Å². The van der Waals surface area contributed by atoms with Crippen LogP contribution in [0.5, 0.6) is 0 Å². The molecule has 1 N–H and O–H groups in total. The van der Waals surface area contributed by atoms with Crippen LogP contribution in [0.25, 0.3) is 0 Å². The van der Waals surface area contributed by atoms with Crippen LogP contribution >= 0.6 is 0 Å². The quantitative estimate of drug-likeness (QED) is 0.840. The summed E-state index contributed by atoms with van der Waals surface area (Å²) in [4.78, 5) is 0. The molecular formula is C16H22O. The Morgan fingerprint density at radius 2 is 2.00 bits per heavy atom. The lowest BCUT2D eigenvalue weighted by Gasteiger charge is -2.33. The molecule has 17 heavy (non-hydrogen) atoms. The highest BCUT2D eigenvalue weighted by molar-refractivity contribution is 5.30. The molecule has 2 fully saturated rings. The van der Waals surface area contributed by atoms with Crippen molar-refractivity contribution in [3.05, 3.63) is 35.4 Å². The SMILES string of the molecule is CCCc1ccc(C2(O)CC3CCC2C3)cc1. The second kappa shape index (κ2) is 4.13. The largest absolute Gasteiger partial charge is 0.385 e. The van der Waals surface area contributed by atoms with Gasteiger partial charge >= 0.3 is 0 Å². The van der Waals surface area contributed by atoms with Gasteiger partial charge in [0.1, 0.15) is 0 Å². The van der Waals surface area contributed by atoms with Crippen LogP contribution in [0.15, 0.2) is 24.3 Å². The first-order chi connectivity index (χ1) is 8.22. The molecule has 2 aliphatic rings. The highest BCUT2D eigenvalue weighted by Crippen LogP contribution is 2.55. The van der Waals surface area contributed by atoms with Crippen LogP contribution in [-0.4, -0.2) is 5.11 Å². The molecule has 1 nitrogen and oxygen atoms in total. The first-order valence-electron chi connectivity index (χ1n) is 7.04. The van der Waals surface area contributed by atoms with Crippen molar-refractivity contribution in [3.63, 3.8) is 0 Å². The van der Waals surface area contributed by atoms with Gasteiger partial charge < -0.3 is 5.11 Å². The predicted octanol–water partition coefficient (Wildman–Crippen LogP) is 3.65. The number of hydrogen-bond acceptors (Lipinski definition) is 1. The third kappa shape index (κ3) is 1.81. The van der Waals surface area contributed by atoms with Crippen molar-refractivity contribution in [1.82, 2.24) is 0 Å². The molecule has 0 saturated heterocycles. The molecule has 2 aliphatic carbocycles. The maximum Gasteiger partial charge on any atom is 0.0927 e. The third-order valence-corrected chi connectivity index (χ3v) is 4.81. The monoisotopic (exact) mass is 230 g/mol. The predicted molar refractivity (Wildman–Crippen MR) is 69.8 cm³/mol. The molecule has 92 valence electrons. The zero-order chi connectivity index (χ0) is 11.9. The van der Waals surface area contributed by atoms with E-state index in [4.69, 9.17) is 0 Å². The summed E-state index contributed by atoms with van der Waals surface area (Å²) in [7, 11) is 0. The minimum absolute atomic E-state index is 0.506. The Bertz CT molecular complexity index is 394. The van der Waals surface area contributed by atoms with E-state index in [-0.39, 0.29) is 0 Å². The van der Waals surface area contributed by atoms with E-state index in [1.807, 2.05) is 0 Å². The van der Waals surface area contributed by atoms with Crippen molar-refractivity contribution in [2.75, 3.05) is 0 Å². The van der Waals surface area contributed by atoms with Gasteiger partial charge in [-0.2, -0.15) is 0 Å². The van der Waals surface area contributed by atoms with Gasteiger partial charge in [0.05, 0.1) is 5.60 Å². The van der Waals surface area contributed by atoms with Crippen LogP contribution < -0.4 is 0 Å². The Hall–Kier alpha value is -0.820. The highest BCUT2D eigenvalue weighted by Gasteiger charge is 2.50. The van der Waals surface area contributed by atoms with Gasteiger partial charge in [0.15, 0.2) is 0 Å². The van der Waals surface area contributed by atoms with E-state index in [2.05, 4.69) is 31.2 Å². The Morgan fingerprint density at radius 3 is 2.53 bits per heavy atom. The van der Waals surface area contributed by atoms with Crippen molar-refractivity contribution >= 4 is 0 Å². The summed E-state index contributed by atoms with van der Waals surface area (Å²) >= 11 is 0. The Morgan fingerprint density at radius 1 is 1.24 bits per heavy atom. The average molecular weight is 230 g/mol. The second-order valence-electron chi connectivity index (χ2n) is 5.95. The minimum atomic E-state index is -0.506. The molecule has 0 radical (unpaired) electrons. The van der Waals surface area contributed by atoms with Crippen molar-refractivity contribution in [2.45, 2.75) is 51.0 Å². The molecule has 0 spiro atoms. The number of hydrogen-bond donors (Lipinski definition) is 1. The molecule has 3 rings (SSSR count).